The molecule has 1 radical (unpaired) electrons. The molecular weight excluding hydrogens is 278 g/mol. The van der Waals surface area contributed by atoms with Crippen molar-refractivity contribution in [1.82, 2.24) is 5.32 Å². The Kier molecular flexibility index (Phi) is 4.73. The van der Waals surface area contributed by atoms with Crippen LogP contribution in [0.2, 0.25) is 0 Å². The van der Waals surface area contributed by atoms with Gasteiger partial charge in [0.15, 0.2) is 0 Å². The molecule has 1 heterocycles. The van der Waals surface area contributed by atoms with Crippen molar-refractivity contribution in [2.24, 2.45) is 11.8 Å². The van der Waals surface area contributed by atoms with Crippen molar-refractivity contribution < 1.29 is 0 Å². The van der Waals surface area contributed by atoms with Crippen molar-refractivity contribution in [1.29, 1.82) is 0 Å². The zero-order valence-electron chi connectivity index (χ0n) is 14.4. The summed E-state index contributed by atoms with van der Waals surface area (Å²) >= 11 is 0. The normalized spacial score (nSPS) is 26.3. The number of hydrogen-bond donors (Lipinski definition) is 0. The molecule has 3 aliphatic rings. The summed E-state index contributed by atoms with van der Waals surface area (Å²) in [5.41, 5.74) is 5.75. The van der Waals surface area contributed by atoms with Crippen LogP contribution in [0, 0.1) is 11.8 Å². The molecule has 1 nitrogen and oxygen atoms in total. The largest absolute Gasteiger partial charge is 0.252 e. The van der Waals surface area contributed by atoms with Crippen molar-refractivity contribution in [3.8, 4) is 0 Å². The molecule has 23 heavy (non-hydrogen) atoms. The van der Waals surface area contributed by atoms with E-state index in [1.165, 1.54) is 94.0 Å². The second-order valence-electron chi connectivity index (χ2n) is 7.80. The molecule has 0 bridgehead atoms. The van der Waals surface area contributed by atoms with Crippen LogP contribution in [0.4, 0.5) is 5.69 Å². The lowest BCUT2D eigenvalue weighted by atomic mass is 9.74. The van der Waals surface area contributed by atoms with Crippen LogP contribution in [0.5, 0.6) is 0 Å². The van der Waals surface area contributed by atoms with Crippen LogP contribution in [0.15, 0.2) is 30.0 Å². The molecular formula is C22H30N. The second-order valence-corrected chi connectivity index (χ2v) is 7.80. The van der Waals surface area contributed by atoms with Gasteiger partial charge in [0.2, 0.25) is 0 Å². The Balaban J connectivity index is 1.55. The van der Waals surface area contributed by atoms with E-state index in [1.807, 2.05) is 0 Å². The van der Waals surface area contributed by atoms with Crippen LogP contribution in [0.1, 0.15) is 82.6 Å². The summed E-state index contributed by atoms with van der Waals surface area (Å²) in [7, 11) is 0. The van der Waals surface area contributed by atoms with Gasteiger partial charge in [0.05, 0.1) is 5.69 Å². The van der Waals surface area contributed by atoms with E-state index in [-0.39, 0.29) is 0 Å². The molecule has 1 aromatic carbocycles. The maximum atomic E-state index is 5.11. The fourth-order valence-electron chi connectivity index (χ4n) is 5.07. The quantitative estimate of drug-likeness (QED) is 0.555. The highest BCUT2D eigenvalue weighted by Gasteiger charge is 2.35. The summed E-state index contributed by atoms with van der Waals surface area (Å²) in [6, 6.07) is 8.81. The SMILES string of the molecule is c1ccc2c(c1)[N]C1=C2CCCC1C1CCCCCCCCC1. The Bertz CT molecular complexity index is 561. The first-order chi connectivity index (χ1) is 11.4. The lowest BCUT2D eigenvalue weighted by Crippen LogP contribution is -2.23. The molecule has 1 aromatic rings. The molecule has 1 heteroatoms. The van der Waals surface area contributed by atoms with Crippen molar-refractivity contribution in [3.05, 3.63) is 35.5 Å². The molecule has 1 aliphatic heterocycles. The smallest absolute Gasteiger partial charge is 0.0708 e. The zero-order chi connectivity index (χ0) is 15.5. The molecule has 0 N–H and O–H groups in total. The summed E-state index contributed by atoms with van der Waals surface area (Å²) in [5.74, 6) is 1.63. The Morgan fingerprint density at radius 1 is 0.739 bits per heavy atom. The first kappa shape index (κ1) is 15.3. The highest BCUT2D eigenvalue weighted by atomic mass is 14.9. The van der Waals surface area contributed by atoms with E-state index in [0.29, 0.717) is 0 Å². The number of para-hydroxylation sites is 1. The number of fused-ring (bicyclic) bond motifs is 2. The summed E-state index contributed by atoms with van der Waals surface area (Å²) < 4.78 is 0. The van der Waals surface area contributed by atoms with E-state index in [1.54, 1.807) is 5.57 Å². The molecule has 0 aromatic heterocycles. The number of benzene rings is 1. The first-order valence-electron chi connectivity index (χ1n) is 9.97. The number of rotatable bonds is 1. The molecule has 2 aliphatic carbocycles. The van der Waals surface area contributed by atoms with Gasteiger partial charge in [-0.1, -0.05) is 63.1 Å². The van der Waals surface area contributed by atoms with Crippen LogP contribution in [0.25, 0.3) is 5.57 Å². The zero-order valence-corrected chi connectivity index (χ0v) is 14.4. The summed E-state index contributed by atoms with van der Waals surface area (Å²) in [6.07, 6.45) is 17.0. The minimum absolute atomic E-state index is 0.741. The maximum Gasteiger partial charge on any atom is 0.0708 e. The van der Waals surface area contributed by atoms with Crippen molar-refractivity contribution >= 4 is 11.3 Å². The minimum atomic E-state index is 0.741. The van der Waals surface area contributed by atoms with Gasteiger partial charge in [-0.3, -0.25) is 5.32 Å². The highest BCUT2D eigenvalue weighted by Crippen LogP contribution is 2.48. The Morgan fingerprint density at radius 2 is 1.43 bits per heavy atom. The van der Waals surface area contributed by atoms with E-state index in [2.05, 4.69) is 24.3 Å². The fraction of sp³-hybridized carbons (Fsp3) is 0.636. The van der Waals surface area contributed by atoms with Crippen molar-refractivity contribution in [2.45, 2.75) is 77.0 Å². The molecule has 1 saturated carbocycles. The molecule has 4 rings (SSSR count). The van der Waals surface area contributed by atoms with Crippen molar-refractivity contribution in [2.75, 3.05) is 0 Å². The molecule has 1 fully saturated rings. The Hall–Kier alpha value is -1.24. The lowest BCUT2D eigenvalue weighted by Gasteiger charge is -2.32. The Labute approximate surface area is 141 Å². The molecule has 1 unspecified atom stereocenters. The van der Waals surface area contributed by atoms with Gasteiger partial charge in [-0.15, -0.1) is 0 Å². The monoisotopic (exact) mass is 308 g/mol. The number of allylic oxidation sites excluding steroid dienone is 2. The van der Waals surface area contributed by atoms with E-state index in [0.717, 1.165) is 11.8 Å². The molecule has 0 amide bonds. The lowest BCUT2D eigenvalue weighted by molar-refractivity contribution is 0.276. The van der Waals surface area contributed by atoms with E-state index in [4.69, 9.17) is 5.32 Å². The predicted octanol–water partition coefficient (Wildman–Crippen LogP) is 6.59. The summed E-state index contributed by atoms with van der Waals surface area (Å²) in [4.78, 5) is 0. The van der Waals surface area contributed by atoms with Crippen LogP contribution in [0.3, 0.4) is 0 Å². The van der Waals surface area contributed by atoms with Crippen LogP contribution < -0.4 is 5.32 Å². The highest BCUT2D eigenvalue weighted by molar-refractivity contribution is 5.82. The molecule has 1 atom stereocenters. The van der Waals surface area contributed by atoms with Gasteiger partial charge in [0, 0.05) is 17.2 Å². The third-order valence-corrected chi connectivity index (χ3v) is 6.29. The van der Waals surface area contributed by atoms with Gasteiger partial charge in [-0.25, -0.2) is 0 Å². The van der Waals surface area contributed by atoms with E-state index in [9.17, 15) is 0 Å². The van der Waals surface area contributed by atoms with Gasteiger partial charge in [-0.05, 0) is 49.7 Å². The van der Waals surface area contributed by atoms with E-state index < -0.39 is 0 Å². The van der Waals surface area contributed by atoms with Gasteiger partial charge in [0.1, 0.15) is 0 Å². The molecule has 123 valence electrons. The standard InChI is InChI=1S/C22H30N/c1-2-4-6-11-17(12-7-5-3-1)18-14-10-15-20-19-13-8-9-16-21(19)23-22(18)20/h8-9,13,16-18H,1-7,10-12,14-15H2. The van der Waals surface area contributed by atoms with Crippen LogP contribution in [-0.4, -0.2) is 0 Å². The van der Waals surface area contributed by atoms with Gasteiger partial charge < -0.3 is 0 Å². The van der Waals surface area contributed by atoms with E-state index >= 15 is 0 Å². The first-order valence-corrected chi connectivity index (χ1v) is 9.97. The van der Waals surface area contributed by atoms with Crippen LogP contribution in [-0.2, 0) is 0 Å². The topological polar surface area (TPSA) is 14.1 Å². The fourth-order valence-corrected chi connectivity index (χ4v) is 5.07. The van der Waals surface area contributed by atoms with Gasteiger partial charge >= 0.3 is 0 Å². The van der Waals surface area contributed by atoms with Gasteiger partial charge in [0.25, 0.3) is 0 Å². The third-order valence-electron chi connectivity index (χ3n) is 6.29. The van der Waals surface area contributed by atoms with Crippen molar-refractivity contribution in [3.63, 3.8) is 0 Å². The summed E-state index contributed by atoms with van der Waals surface area (Å²) in [6.45, 7) is 0. The van der Waals surface area contributed by atoms with Crippen LogP contribution >= 0.6 is 0 Å². The van der Waals surface area contributed by atoms with Gasteiger partial charge in [-0.2, -0.15) is 0 Å². The Morgan fingerprint density at radius 3 is 2.22 bits per heavy atom. The number of hydrogen-bond acceptors (Lipinski definition) is 0. The second kappa shape index (κ2) is 7.11. The third kappa shape index (κ3) is 3.20. The average Bonchev–Trinajstić information content (AvgIpc) is 2.98. The number of nitrogens with zero attached hydrogens (tertiary/aromatic N) is 1. The predicted molar refractivity (Wildman–Crippen MR) is 97.5 cm³/mol. The molecule has 0 saturated heterocycles. The summed E-state index contributed by atoms with van der Waals surface area (Å²) in [5, 5.41) is 5.11. The molecule has 0 spiro atoms. The average molecular weight is 308 g/mol. The maximum absolute atomic E-state index is 5.11. The minimum Gasteiger partial charge on any atom is -0.252 e.